The van der Waals surface area contributed by atoms with Gasteiger partial charge in [-0.3, -0.25) is 4.79 Å². The average molecular weight is 346 g/mol. The molecule has 18 heavy (non-hydrogen) atoms. The largest absolute Gasteiger partial charge is 0.351 e. The van der Waals surface area contributed by atoms with Crippen LogP contribution in [0.25, 0.3) is 9.40 Å². The predicted molar refractivity (Wildman–Crippen MR) is 84.2 cm³/mol. The minimum absolute atomic E-state index is 0.0647. The molecule has 1 amide bonds. The maximum Gasteiger partial charge on any atom is 0.261 e. The highest BCUT2D eigenvalue weighted by Gasteiger charge is 2.10. The molecule has 2 aromatic rings. The number of carbonyl (C=O) groups is 1. The molecule has 1 atom stereocenters. The quantitative estimate of drug-likeness (QED) is 0.605. The number of hydrogen-bond donors (Lipinski definition) is 1. The Balaban J connectivity index is 1.80. The number of amides is 1. The van der Waals surface area contributed by atoms with Gasteiger partial charge in [0.15, 0.2) is 0 Å². The summed E-state index contributed by atoms with van der Waals surface area (Å²) >= 11 is 6.72. The zero-order valence-corrected chi connectivity index (χ0v) is 13.5. The summed E-state index contributed by atoms with van der Waals surface area (Å²) in [6.45, 7) is 2.98. The lowest BCUT2D eigenvalue weighted by atomic mass is 10.1. The van der Waals surface area contributed by atoms with Crippen molar-refractivity contribution in [2.45, 2.75) is 19.8 Å². The van der Waals surface area contributed by atoms with Crippen LogP contribution in [0.4, 0.5) is 0 Å². The molecule has 1 N–H and O–H groups in total. The Morgan fingerprint density at radius 1 is 1.50 bits per heavy atom. The van der Waals surface area contributed by atoms with Crippen molar-refractivity contribution < 1.29 is 4.79 Å². The summed E-state index contributed by atoms with van der Waals surface area (Å²) in [5.41, 5.74) is 0. The van der Waals surface area contributed by atoms with Gasteiger partial charge in [0.2, 0.25) is 0 Å². The van der Waals surface area contributed by atoms with Gasteiger partial charge in [0, 0.05) is 21.3 Å². The van der Waals surface area contributed by atoms with Crippen LogP contribution in [-0.2, 0) is 0 Å². The van der Waals surface area contributed by atoms with E-state index in [2.05, 4.69) is 39.6 Å². The number of halogens is 1. The van der Waals surface area contributed by atoms with Crippen molar-refractivity contribution >= 4 is 53.9 Å². The lowest BCUT2D eigenvalue weighted by Gasteiger charge is -2.07. The summed E-state index contributed by atoms with van der Waals surface area (Å²) in [6.07, 6.45) is 2.18. The average Bonchev–Trinajstić information content (AvgIpc) is 2.94. The van der Waals surface area contributed by atoms with Crippen molar-refractivity contribution in [3.8, 4) is 0 Å². The van der Waals surface area contributed by atoms with Gasteiger partial charge in [0.1, 0.15) is 0 Å². The number of carbonyl (C=O) groups excluding carboxylic acids is 1. The van der Waals surface area contributed by atoms with E-state index < -0.39 is 0 Å². The summed E-state index contributed by atoms with van der Waals surface area (Å²) in [5, 5.41) is 6.08. The third-order valence-corrected chi connectivity index (χ3v) is 5.98. The van der Waals surface area contributed by atoms with Crippen molar-refractivity contribution in [2.24, 2.45) is 5.92 Å². The van der Waals surface area contributed by atoms with Crippen LogP contribution in [0.2, 0.25) is 0 Å². The number of fused-ring (bicyclic) bond motifs is 1. The molecule has 0 spiro atoms. The molecule has 2 nitrogen and oxygen atoms in total. The van der Waals surface area contributed by atoms with E-state index in [0.717, 1.165) is 29.6 Å². The predicted octanol–water partition coefficient (Wildman–Crippen LogP) is 4.50. The van der Waals surface area contributed by atoms with Crippen LogP contribution in [0.1, 0.15) is 29.4 Å². The third kappa shape index (κ3) is 3.56. The van der Waals surface area contributed by atoms with Gasteiger partial charge in [0.05, 0.1) is 4.88 Å². The molecular formula is C13H16BrNOS2. The third-order valence-electron chi connectivity index (χ3n) is 2.79. The number of thiophene rings is 2. The molecule has 0 saturated heterocycles. The van der Waals surface area contributed by atoms with Crippen LogP contribution in [0.3, 0.4) is 0 Å². The molecular weight excluding hydrogens is 330 g/mol. The Morgan fingerprint density at radius 2 is 2.33 bits per heavy atom. The van der Waals surface area contributed by atoms with E-state index in [1.807, 2.05) is 6.07 Å². The molecule has 1 unspecified atom stereocenters. The summed E-state index contributed by atoms with van der Waals surface area (Å²) in [4.78, 5) is 12.7. The Labute approximate surface area is 124 Å². The topological polar surface area (TPSA) is 29.1 Å². The van der Waals surface area contributed by atoms with E-state index >= 15 is 0 Å². The molecule has 0 aliphatic heterocycles. The zero-order chi connectivity index (χ0) is 13.0. The molecule has 0 fully saturated rings. The van der Waals surface area contributed by atoms with Gasteiger partial charge < -0.3 is 5.32 Å². The first-order valence-electron chi connectivity index (χ1n) is 6.02. The second-order valence-electron chi connectivity index (χ2n) is 4.42. The van der Waals surface area contributed by atoms with Crippen LogP contribution in [0, 0.1) is 5.92 Å². The Bertz CT molecular complexity index is 491. The molecule has 0 bridgehead atoms. The van der Waals surface area contributed by atoms with E-state index in [0.29, 0.717) is 5.92 Å². The second kappa shape index (κ2) is 6.68. The molecule has 5 heteroatoms. The van der Waals surface area contributed by atoms with E-state index in [9.17, 15) is 4.79 Å². The molecule has 0 aliphatic rings. The molecule has 0 aromatic carbocycles. The van der Waals surface area contributed by atoms with E-state index in [1.54, 1.807) is 22.7 Å². The minimum atomic E-state index is 0.0647. The van der Waals surface area contributed by atoms with Gasteiger partial charge in [-0.25, -0.2) is 0 Å². The standard InChI is InChI=1S/C13H16BrNOS2/c1-9(8-14)3-2-5-15-13(16)12-7-11-10(18-12)4-6-17-11/h4,6-7,9H,2-3,5,8H2,1H3,(H,15,16). The lowest BCUT2D eigenvalue weighted by Crippen LogP contribution is -2.23. The SMILES string of the molecule is CC(CBr)CCCNC(=O)c1cc2sccc2s1. The Kier molecular flexibility index (Phi) is 5.21. The highest BCUT2D eigenvalue weighted by molar-refractivity contribution is 9.09. The first-order chi connectivity index (χ1) is 8.70. The van der Waals surface area contributed by atoms with Gasteiger partial charge >= 0.3 is 0 Å². The van der Waals surface area contributed by atoms with Gasteiger partial charge in [-0.1, -0.05) is 22.9 Å². The fourth-order valence-corrected chi connectivity index (χ4v) is 4.04. The fourth-order valence-electron chi connectivity index (χ4n) is 1.69. The number of alkyl halides is 1. The van der Waals surface area contributed by atoms with Crippen molar-refractivity contribution in [3.05, 3.63) is 22.4 Å². The highest BCUT2D eigenvalue weighted by Crippen LogP contribution is 2.29. The summed E-state index contributed by atoms with van der Waals surface area (Å²) in [7, 11) is 0. The van der Waals surface area contributed by atoms with Gasteiger partial charge in [-0.05, 0) is 36.3 Å². The Morgan fingerprint density at radius 3 is 3.06 bits per heavy atom. The molecule has 2 rings (SSSR count). The van der Waals surface area contributed by atoms with Crippen LogP contribution in [0.15, 0.2) is 17.5 Å². The summed E-state index contributed by atoms with van der Waals surface area (Å²) in [6, 6.07) is 4.06. The fraction of sp³-hybridized carbons (Fsp3) is 0.462. The van der Waals surface area contributed by atoms with Crippen molar-refractivity contribution in [1.82, 2.24) is 5.32 Å². The highest BCUT2D eigenvalue weighted by atomic mass is 79.9. The maximum atomic E-state index is 11.9. The van der Waals surface area contributed by atoms with Crippen LogP contribution >= 0.6 is 38.6 Å². The smallest absolute Gasteiger partial charge is 0.261 e. The number of hydrogen-bond acceptors (Lipinski definition) is 3. The molecule has 0 saturated carbocycles. The van der Waals surface area contributed by atoms with Crippen molar-refractivity contribution in [2.75, 3.05) is 11.9 Å². The molecule has 0 aliphatic carbocycles. The van der Waals surface area contributed by atoms with Crippen molar-refractivity contribution in [1.29, 1.82) is 0 Å². The number of nitrogens with one attached hydrogen (secondary N) is 1. The Hall–Kier alpha value is -0.390. The minimum Gasteiger partial charge on any atom is -0.351 e. The van der Waals surface area contributed by atoms with Crippen LogP contribution < -0.4 is 5.32 Å². The zero-order valence-electron chi connectivity index (χ0n) is 10.2. The van der Waals surface area contributed by atoms with E-state index in [4.69, 9.17) is 0 Å². The van der Waals surface area contributed by atoms with Gasteiger partial charge in [-0.15, -0.1) is 22.7 Å². The van der Waals surface area contributed by atoms with Crippen molar-refractivity contribution in [3.63, 3.8) is 0 Å². The molecule has 2 aromatic heterocycles. The summed E-state index contributed by atoms with van der Waals surface area (Å²) in [5.74, 6) is 0.740. The number of rotatable bonds is 6. The molecule has 2 heterocycles. The van der Waals surface area contributed by atoms with Gasteiger partial charge in [0.25, 0.3) is 5.91 Å². The molecule has 0 radical (unpaired) electrons. The molecule has 98 valence electrons. The van der Waals surface area contributed by atoms with E-state index in [-0.39, 0.29) is 5.91 Å². The first kappa shape index (κ1) is 14.0. The van der Waals surface area contributed by atoms with Gasteiger partial charge in [-0.2, -0.15) is 0 Å². The monoisotopic (exact) mass is 345 g/mol. The van der Waals surface area contributed by atoms with E-state index in [1.165, 1.54) is 9.40 Å². The first-order valence-corrected chi connectivity index (χ1v) is 8.83. The van der Waals surface area contributed by atoms with Crippen LogP contribution in [0.5, 0.6) is 0 Å². The second-order valence-corrected chi connectivity index (χ2v) is 7.10. The van der Waals surface area contributed by atoms with Crippen LogP contribution in [-0.4, -0.2) is 17.8 Å². The maximum absolute atomic E-state index is 11.9. The lowest BCUT2D eigenvalue weighted by molar-refractivity contribution is 0.0956. The normalized spacial score (nSPS) is 12.8. The summed E-state index contributed by atoms with van der Waals surface area (Å²) < 4.78 is 2.41.